The number of primary amides is 1. The number of likely N-dealkylation sites (tertiary alicyclic amines) is 1. The van der Waals surface area contributed by atoms with Gasteiger partial charge in [0.2, 0.25) is 5.91 Å². The van der Waals surface area contributed by atoms with Crippen LogP contribution in [0.25, 0.3) is 0 Å². The Bertz CT molecular complexity index is 872. The molecule has 1 aliphatic heterocycles. The molecule has 0 aromatic heterocycles. The highest BCUT2D eigenvalue weighted by atomic mass is 79.9. The summed E-state index contributed by atoms with van der Waals surface area (Å²) in [6.07, 6.45) is -1.49. The summed E-state index contributed by atoms with van der Waals surface area (Å²) in [6.45, 7) is 2.36. The van der Waals surface area contributed by atoms with Crippen LogP contribution in [0.4, 0.5) is 4.39 Å². The van der Waals surface area contributed by atoms with Crippen molar-refractivity contribution in [2.24, 2.45) is 5.73 Å². The number of carbonyl (C=O) groups excluding carboxylic acids is 2. The number of rotatable bonds is 5. The van der Waals surface area contributed by atoms with Gasteiger partial charge in [0.25, 0.3) is 5.91 Å². The van der Waals surface area contributed by atoms with E-state index < -0.39 is 18.2 Å². The van der Waals surface area contributed by atoms with Crippen LogP contribution in [0, 0.1) is 6.92 Å². The molecule has 2 aromatic carbocycles. The van der Waals surface area contributed by atoms with Gasteiger partial charge in [0.05, 0.1) is 18.5 Å². The lowest BCUT2D eigenvalue weighted by molar-refractivity contribution is -0.134. The number of ether oxygens (including phenoxy) is 1. The van der Waals surface area contributed by atoms with Crippen molar-refractivity contribution in [1.82, 2.24) is 4.90 Å². The predicted octanol–water partition coefficient (Wildman–Crippen LogP) is 3.42. The van der Waals surface area contributed by atoms with Gasteiger partial charge in [-0.2, -0.15) is 0 Å². The van der Waals surface area contributed by atoms with E-state index in [0.717, 1.165) is 11.1 Å². The fourth-order valence-electron chi connectivity index (χ4n) is 3.20. The van der Waals surface area contributed by atoms with Crippen LogP contribution >= 0.6 is 15.9 Å². The first kappa shape index (κ1) is 20.3. The van der Waals surface area contributed by atoms with Gasteiger partial charge in [-0.25, -0.2) is 4.39 Å². The molecule has 1 fully saturated rings. The van der Waals surface area contributed by atoms with Gasteiger partial charge in [-0.15, -0.1) is 0 Å². The number of hydrogen-bond donors (Lipinski definition) is 1. The summed E-state index contributed by atoms with van der Waals surface area (Å²) < 4.78 is 21.1. The van der Waals surface area contributed by atoms with Crippen molar-refractivity contribution in [3.63, 3.8) is 0 Å². The molecule has 2 atom stereocenters. The van der Waals surface area contributed by atoms with Crippen LogP contribution in [-0.2, 0) is 11.2 Å². The van der Waals surface area contributed by atoms with Crippen molar-refractivity contribution in [3.8, 4) is 5.75 Å². The Balaban J connectivity index is 1.61. The van der Waals surface area contributed by atoms with Crippen LogP contribution in [-0.4, -0.2) is 42.1 Å². The minimum Gasteiger partial charge on any atom is -0.486 e. The second-order valence-corrected chi connectivity index (χ2v) is 7.88. The molecule has 2 N–H and O–H groups in total. The third kappa shape index (κ3) is 4.90. The molecule has 148 valence electrons. The van der Waals surface area contributed by atoms with Gasteiger partial charge < -0.3 is 15.4 Å². The maximum absolute atomic E-state index is 14.7. The molecule has 1 saturated heterocycles. The fourth-order valence-corrected chi connectivity index (χ4v) is 3.56. The minimum atomic E-state index is -1.35. The average Bonchev–Trinajstić information content (AvgIpc) is 2.66. The third-order valence-corrected chi connectivity index (χ3v) is 5.29. The highest BCUT2D eigenvalue weighted by Gasteiger charge is 2.33. The lowest BCUT2D eigenvalue weighted by atomic mass is 10.0. The first-order chi connectivity index (χ1) is 13.3. The summed E-state index contributed by atoms with van der Waals surface area (Å²) in [5.74, 6) is -0.494. The molecule has 2 aromatic rings. The SMILES string of the molecule is Cc1ccc(CC(=O)N2CC[C@@H](Oc3ccc(Br)cc3C(N)=O)[C@@H](F)C2)cc1. The molecule has 1 heterocycles. The van der Waals surface area contributed by atoms with Crippen LogP contribution in [0.1, 0.15) is 27.9 Å². The Morgan fingerprint density at radius 2 is 1.96 bits per heavy atom. The number of alkyl halides is 1. The first-order valence-corrected chi connectivity index (χ1v) is 9.86. The Hall–Kier alpha value is -2.41. The molecular formula is C21H22BrFN2O3. The second-order valence-electron chi connectivity index (χ2n) is 6.97. The van der Waals surface area contributed by atoms with Gasteiger partial charge in [-0.3, -0.25) is 9.59 Å². The van der Waals surface area contributed by atoms with E-state index in [9.17, 15) is 14.0 Å². The molecule has 1 aliphatic rings. The van der Waals surface area contributed by atoms with Crippen molar-refractivity contribution in [2.45, 2.75) is 32.0 Å². The summed E-state index contributed by atoms with van der Waals surface area (Å²) in [5, 5.41) is 0. The van der Waals surface area contributed by atoms with Gasteiger partial charge in [-0.1, -0.05) is 45.8 Å². The van der Waals surface area contributed by atoms with E-state index in [-0.39, 0.29) is 30.2 Å². The minimum absolute atomic E-state index is 0.0300. The molecule has 0 unspecified atom stereocenters. The zero-order valence-corrected chi connectivity index (χ0v) is 17.1. The molecular weight excluding hydrogens is 427 g/mol. The van der Waals surface area contributed by atoms with Gasteiger partial charge in [0, 0.05) is 17.4 Å². The monoisotopic (exact) mass is 448 g/mol. The van der Waals surface area contributed by atoms with E-state index in [2.05, 4.69) is 15.9 Å². The third-order valence-electron chi connectivity index (χ3n) is 4.80. The molecule has 3 rings (SSSR count). The Labute approximate surface area is 171 Å². The van der Waals surface area contributed by atoms with Crippen molar-refractivity contribution >= 4 is 27.7 Å². The molecule has 5 nitrogen and oxygen atoms in total. The molecule has 0 spiro atoms. The highest BCUT2D eigenvalue weighted by Crippen LogP contribution is 2.27. The van der Waals surface area contributed by atoms with Crippen molar-refractivity contribution in [1.29, 1.82) is 0 Å². The van der Waals surface area contributed by atoms with Crippen LogP contribution in [0.2, 0.25) is 0 Å². The smallest absolute Gasteiger partial charge is 0.252 e. The number of halogens is 2. The van der Waals surface area contributed by atoms with Crippen LogP contribution in [0.3, 0.4) is 0 Å². The zero-order chi connectivity index (χ0) is 20.3. The normalized spacial score (nSPS) is 19.3. The summed E-state index contributed by atoms with van der Waals surface area (Å²) in [6, 6.07) is 12.6. The van der Waals surface area contributed by atoms with Crippen LogP contribution < -0.4 is 10.5 Å². The zero-order valence-electron chi connectivity index (χ0n) is 15.5. The van der Waals surface area contributed by atoms with E-state index in [4.69, 9.17) is 10.5 Å². The topological polar surface area (TPSA) is 72.6 Å². The summed E-state index contributed by atoms with van der Waals surface area (Å²) >= 11 is 3.27. The number of nitrogens with two attached hydrogens (primary N) is 1. The Kier molecular flexibility index (Phi) is 6.34. The van der Waals surface area contributed by atoms with Crippen molar-refractivity contribution in [2.75, 3.05) is 13.1 Å². The van der Waals surface area contributed by atoms with E-state index in [1.807, 2.05) is 31.2 Å². The molecule has 0 bridgehead atoms. The van der Waals surface area contributed by atoms with Crippen LogP contribution in [0.5, 0.6) is 5.75 Å². The quantitative estimate of drug-likeness (QED) is 0.761. The van der Waals surface area contributed by atoms with Gasteiger partial charge in [-0.05, 0) is 30.7 Å². The molecule has 7 heteroatoms. The average molecular weight is 449 g/mol. The molecule has 0 radical (unpaired) electrons. The number of carbonyl (C=O) groups is 2. The number of amides is 2. The molecule has 0 saturated carbocycles. The summed E-state index contributed by atoms with van der Waals surface area (Å²) in [4.78, 5) is 25.6. The standard InChI is InChI=1S/C21H22BrFN2O3/c1-13-2-4-14(5-3-13)10-20(26)25-9-8-19(17(23)12-25)28-18-7-6-15(22)11-16(18)21(24)27/h2-7,11,17,19H,8-10,12H2,1H3,(H2,24,27)/t17-,19+/m0/s1. The van der Waals surface area contributed by atoms with E-state index in [1.165, 1.54) is 4.90 Å². The van der Waals surface area contributed by atoms with E-state index in [0.29, 0.717) is 17.4 Å². The number of nitrogens with zero attached hydrogens (tertiary/aromatic N) is 1. The summed E-state index contributed by atoms with van der Waals surface area (Å²) in [7, 11) is 0. The second kappa shape index (κ2) is 8.73. The maximum atomic E-state index is 14.7. The van der Waals surface area contributed by atoms with Crippen LogP contribution in [0.15, 0.2) is 46.9 Å². The lowest BCUT2D eigenvalue weighted by Gasteiger charge is -2.35. The summed E-state index contributed by atoms with van der Waals surface area (Å²) in [5.41, 5.74) is 7.61. The van der Waals surface area contributed by atoms with Gasteiger partial charge in [0.1, 0.15) is 11.9 Å². The van der Waals surface area contributed by atoms with Crippen molar-refractivity contribution < 1.29 is 18.7 Å². The Morgan fingerprint density at radius 1 is 1.25 bits per heavy atom. The number of benzene rings is 2. The first-order valence-electron chi connectivity index (χ1n) is 9.07. The molecule has 28 heavy (non-hydrogen) atoms. The van der Waals surface area contributed by atoms with Crippen molar-refractivity contribution in [3.05, 3.63) is 63.6 Å². The molecule has 2 amide bonds. The number of piperidine rings is 1. The predicted molar refractivity (Wildman–Crippen MR) is 108 cm³/mol. The lowest BCUT2D eigenvalue weighted by Crippen LogP contribution is -2.49. The fraction of sp³-hybridized carbons (Fsp3) is 0.333. The van der Waals surface area contributed by atoms with E-state index in [1.54, 1.807) is 18.2 Å². The molecule has 0 aliphatic carbocycles. The maximum Gasteiger partial charge on any atom is 0.252 e. The largest absolute Gasteiger partial charge is 0.486 e. The number of hydrogen-bond acceptors (Lipinski definition) is 3. The number of aryl methyl sites for hydroxylation is 1. The van der Waals surface area contributed by atoms with E-state index >= 15 is 0 Å². The Morgan fingerprint density at radius 3 is 2.61 bits per heavy atom. The van der Waals surface area contributed by atoms with Gasteiger partial charge >= 0.3 is 0 Å². The highest BCUT2D eigenvalue weighted by molar-refractivity contribution is 9.10. The van der Waals surface area contributed by atoms with Gasteiger partial charge in [0.15, 0.2) is 6.17 Å².